The van der Waals surface area contributed by atoms with Crippen LogP contribution in [-0.2, 0) is 13.2 Å². The smallest absolute Gasteiger partial charge is 0.272 e. The highest BCUT2D eigenvalue weighted by molar-refractivity contribution is 5.64. The molecule has 0 saturated heterocycles. The van der Waals surface area contributed by atoms with E-state index < -0.39 is 11.7 Å². The number of aryl methyl sites for hydroxylation is 1. The molecule has 0 aliphatic heterocycles. The molecule has 0 aliphatic rings. The van der Waals surface area contributed by atoms with E-state index in [1.165, 1.54) is 12.4 Å². The van der Waals surface area contributed by atoms with Gasteiger partial charge in [-0.25, -0.2) is 0 Å². The molecule has 0 atom stereocenters. The van der Waals surface area contributed by atoms with Gasteiger partial charge in [-0.1, -0.05) is 0 Å². The lowest BCUT2D eigenvalue weighted by molar-refractivity contribution is -0.137. The zero-order chi connectivity index (χ0) is 12.6. The topological polar surface area (TPSA) is 30.7 Å². The van der Waals surface area contributed by atoms with Crippen LogP contribution in [0.25, 0.3) is 11.1 Å². The van der Waals surface area contributed by atoms with Gasteiger partial charge >= 0.3 is 6.18 Å². The Morgan fingerprint density at radius 2 is 1.88 bits per heavy atom. The molecule has 90 valence electrons. The normalized spacial score (nSPS) is 11.8. The van der Waals surface area contributed by atoms with Gasteiger partial charge in [0.25, 0.3) is 0 Å². The summed E-state index contributed by atoms with van der Waals surface area (Å²) in [5.74, 6) is 0. The van der Waals surface area contributed by atoms with Crippen LogP contribution in [0, 0.1) is 6.92 Å². The predicted octanol–water partition coefficient (Wildman–Crippen LogP) is 2.81. The molecule has 17 heavy (non-hydrogen) atoms. The molecule has 6 heteroatoms. The van der Waals surface area contributed by atoms with Gasteiger partial charge < -0.3 is 0 Å². The Labute approximate surface area is 95.9 Å². The van der Waals surface area contributed by atoms with E-state index in [-0.39, 0.29) is 0 Å². The lowest BCUT2D eigenvalue weighted by atomic mass is 10.1. The maximum absolute atomic E-state index is 12.5. The highest BCUT2D eigenvalue weighted by atomic mass is 19.4. The second-order valence-electron chi connectivity index (χ2n) is 3.73. The molecule has 2 heterocycles. The molecule has 0 aromatic carbocycles. The van der Waals surface area contributed by atoms with Gasteiger partial charge in [0.2, 0.25) is 0 Å². The third-order valence-corrected chi connectivity index (χ3v) is 2.61. The van der Waals surface area contributed by atoms with Gasteiger partial charge in [0.05, 0.1) is 11.8 Å². The van der Waals surface area contributed by atoms with Crippen molar-refractivity contribution in [2.45, 2.75) is 13.1 Å². The molecule has 2 aromatic rings. The average molecular weight is 241 g/mol. The summed E-state index contributed by atoms with van der Waals surface area (Å²) in [6.07, 6.45) is -0.625. The minimum Gasteiger partial charge on any atom is -0.272 e. The number of aromatic nitrogens is 3. The van der Waals surface area contributed by atoms with Gasteiger partial charge in [-0.05, 0) is 13.0 Å². The van der Waals surface area contributed by atoms with Gasteiger partial charge in [-0.15, -0.1) is 0 Å². The zero-order valence-electron chi connectivity index (χ0n) is 9.28. The maximum atomic E-state index is 12.5. The fourth-order valence-electron chi connectivity index (χ4n) is 1.52. The third-order valence-electron chi connectivity index (χ3n) is 2.61. The molecule has 0 unspecified atom stereocenters. The molecular weight excluding hydrogens is 231 g/mol. The summed E-state index contributed by atoms with van der Waals surface area (Å²) in [5, 5.41) is 3.99. The van der Waals surface area contributed by atoms with E-state index in [9.17, 15) is 13.2 Å². The number of halogens is 3. The molecule has 0 saturated carbocycles. The number of pyridine rings is 1. The molecule has 2 rings (SSSR count). The van der Waals surface area contributed by atoms with E-state index in [0.29, 0.717) is 11.1 Å². The van der Waals surface area contributed by atoms with Crippen molar-refractivity contribution >= 4 is 0 Å². The Morgan fingerprint density at radius 1 is 1.18 bits per heavy atom. The molecule has 0 N–H and O–H groups in total. The summed E-state index contributed by atoms with van der Waals surface area (Å²) in [6.45, 7) is 1.79. The predicted molar refractivity (Wildman–Crippen MR) is 56.2 cm³/mol. The van der Waals surface area contributed by atoms with Crippen molar-refractivity contribution in [1.29, 1.82) is 0 Å². The van der Waals surface area contributed by atoms with Crippen LogP contribution >= 0.6 is 0 Å². The average Bonchev–Trinajstić information content (AvgIpc) is 2.59. The van der Waals surface area contributed by atoms with Crippen LogP contribution in [0.3, 0.4) is 0 Å². The van der Waals surface area contributed by atoms with Gasteiger partial charge in [-0.2, -0.15) is 18.3 Å². The van der Waals surface area contributed by atoms with Gasteiger partial charge in [0, 0.05) is 36.3 Å². The van der Waals surface area contributed by atoms with Crippen molar-refractivity contribution in [2.24, 2.45) is 7.05 Å². The number of hydrogen-bond donors (Lipinski definition) is 0. The van der Waals surface area contributed by atoms with Crippen molar-refractivity contribution in [1.82, 2.24) is 14.8 Å². The van der Waals surface area contributed by atoms with E-state index in [0.717, 1.165) is 18.0 Å². The first kappa shape index (κ1) is 11.6. The van der Waals surface area contributed by atoms with Crippen molar-refractivity contribution in [3.8, 4) is 11.1 Å². The van der Waals surface area contributed by atoms with Crippen molar-refractivity contribution in [2.75, 3.05) is 0 Å². The summed E-state index contributed by atoms with van der Waals surface area (Å²) in [4.78, 5) is 3.62. The Morgan fingerprint density at radius 3 is 2.41 bits per heavy atom. The fourth-order valence-corrected chi connectivity index (χ4v) is 1.52. The van der Waals surface area contributed by atoms with Crippen LogP contribution < -0.4 is 0 Å². The second kappa shape index (κ2) is 3.87. The number of nitrogens with zero attached hydrogens (tertiary/aromatic N) is 3. The molecular formula is C11H10F3N3. The Balaban J connectivity index is 2.51. The molecule has 0 spiro atoms. The molecule has 0 radical (unpaired) electrons. The van der Waals surface area contributed by atoms with Crippen LogP contribution in [-0.4, -0.2) is 14.8 Å². The summed E-state index contributed by atoms with van der Waals surface area (Å²) in [5.41, 5.74) is 1.13. The first-order valence-electron chi connectivity index (χ1n) is 4.91. The highest BCUT2D eigenvalue weighted by Crippen LogP contribution is 2.31. The minimum atomic E-state index is -4.38. The Kier molecular flexibility index (Phi) is 2.65. The summed E-state index contributed by atoms with van der Waals surface area (Å²) >= 11 is 0. The van der Waals surface area contributed by atoms with Crippen LogP contribution in [0.4, 0.5) is 13.2 Å². The molecule has 0 aliphatic carbocycles. The lowest BCUT2D eigenvalue weighted by Gasteiger charge is -2.07. The molecule has 0 bridgehead atoms. The van der Waals surface area contributed by atoms with E-state index in [1.54, 1.807) is 18.7 Å². The fraction of sp³-hybridized carbons (Fsp3) is 0.273. The monoisotopic (exact) mass is 241 g/mol. The zero-order valence-corrected chi connectivity index (χ0v) is 9.28. The van der Waals surface area contributed by atoms with E-state index >= 15 is 0 Å². The van der Waals surface area contributed by atoms with Gasteiger partial charge in [-0.3, -0.25) is 9.67 Å². The summed E-state index contributed by atoms with van der Waals surface area (Å²) in [6, 6.07) is 1.08. The molecule has 0 fully saturated rings. The highest BCUT2D eigenvalue weighted by Gasteiger charge is 2.31. The van der Waals surface area contributed by atoms with E-state index in [1.807, 2.05) is 0 Å². The SMILES string of the molecule is Cc1c(-c2cncc(C(F)(F)F)c2)cnn1C. The van der Waals surface area contributed by atoms with Gasteiger partial charge in [0.15, 0.2) is 0 Å². The van der Waals surface area contributed by atoms with Crippen molar-refractivity contribution in [3.63, 3.8) is 0 Å². The van der Waals surface area contributed by atoms with Crippen LogP contribution in [0.1, 0.15) is 11.3 Å². The minimum absolute atomic E-state index is 0.422. The van der Waals surface area contributed by atoms with Crippen LogP contribution in [0.5, 0.6) is 0 Å². The first-order chi connectivity index (χ1) is 7.89. The Bertz CT molecular complexity index is 543. The third kappa shape index (κ3) is 2.15. The van der Waals surface area contributed by atoms with E-state index in [2.05, 4.69) is 10.1 Å². The molecule has 0 amide bonds. The van der Waals surface area contributed by atoms with Crippen LogP contribution in [0.2, 0.25) is 0 Å². The first-order valence-corrected chi connectivity index (χ1v) is 4.91. The summed E-state index contributed by atoms with van der Waals surface area (Å²) in [7, 11) is 1.74. The summed E-state index contributed by atoms with van der Waals surface area (Å²) < 4.78 is 39.2. The van der Waals surface area contributed by atoms with Crippen molar-refractivity contribution in [3.05, 3.63) is 35.9 Å². The van der Waals surface area contributed by atoms with E-state index in [4.69, 9.17) is 0 Å². The second-order valence-corrected chi connectivity index (χ2v) is 3.73. The largest absolute Gasteiger partial charge is 0.417 e. The maximum Gasteiger partial charge on any atom is 0.417 e. The van der Waals surface area contributed by atoms with Crippen LogP contribution in [0.15, 0.2) is 24.7 Å². The standard InChI is InChI=1S/C11H10F3N3/c1-7-10(6-16-17(7)2)8-3-9(5-15-4-8)11(12,13)14/h3-6H,1-2H3. The molecule has 2 aromatic heterocycles. The number of rotatable bonds is 1. The number of hydrogen-bond acceptors (Lipinski definition) is 2. The number of alkyl halides is 3. The lowest BCUT2D eigenvalue weighted by Crippen LogP contribution is -2.05. The molecule has 3 nitrogen and oxygen atoms in total. The van der Waals surface area contributed by atoms with Crippen molar-refractivity contribution < 1.29 is 13.2 Å². The van der Waals surface area contributed by atoms with Gasteiger partial charge in [0.1, 0.15) is 0 Å². The Hall–Kier alpha value is -1.85. The quantitative estimate of drug-likeness (QED) is 0.768.